The van der Waals surface area contributed by atoms with Crippen molar-refractivity contribution < 1.29 is 0 Å². The number of anilines is 1. The van der Waals surface area contributed by atoms with E-state index in [1.165, 1.54) is 0 Å². The summed E-state index contributed by atoms with van der Waals surface area (Å²) in [6.45, 7) is 3.06. The van der Waals surface area contributed by atoms with Gasteiger partial charge in [-0.3, -0.25) is 19.1 Å². The molecular weight excluding hydrogens is 463 g/mol. The highest BCUT2D eigenvalue weighted by Crippen LogP contribution is 2.41. The minimum atomic E-state index is -0.154. The second-order valence-corrected chi connectivity index (χ2v) is 9.65. The molecule has 0 radical (unpaired) electrons. The van der Waals surface area contributed by atoms with Crippen LogP contribution < -0.4 is 15.8 Å². The van der Waals surface area contributed by atoms with Crippen LogP contribution in [0.4, 0.5) is 5.95 Å². The lowest BCUT2D eigenvalue weighted by atomic mass is 9.96. The first kappa shape index (κ1) is 20.9. The Bertz CT molecular complexity index is 1470. The molecule has 0 aliphatic carbocycles. The molecule has 2 aliphatic heterocycles. The van der Waals surface area contributed by atoms with Crippen LogP contribution in [-0.2, 0) is 14.1 Å². The van der Waals surface area contributed by atoms with E-state index in [9.17, 15) is 4.79 Å². The van der Waals surface area contributed by atoms with Gasteiger partial charge in [0.05, 0.1) is 21.6 Å². The predicted octanol–water partition coefficient (Wildman–Crippen LogP) is 3.24. The third kappa shape index (κ3) is 2.88. The van der Waals surface area contributed by atoms with Gasteiger partial charge in [0, 0.05) is 37.8 Å². The summed E-state index contributed by atoms with van der Waals surface area (Å²) in [7, 11) is 3.54. The maximum Gasteiger partial charge on any atom is 0.266 e. The van der Waals surface area contributed by atoms with Gasteiger partial charge in [0.15, 0.2) is 5.65 Å². The number of fused-ring (bicyclic) bond motifs is 4. The molecule has 33 heavy (non-hydrogen) atoms. The lowest BCUT2D eigenvalue weighted by Crippen LogP contribution is -2.42. The summed E-state index contributed by atoms with van der Waals surface area (Å²) in [6.07, 6.45) is 3.29. The Balaban J connectivity index is 1.50. The van der Waals surface area contributed by atoms with Crippen LogP contribution in [0.3, 0.4) is 0 Å². The number of hydrogen-bond donors (Lipinski definition) is 2. The van der Waals surface area contributed by atoms with Crippen molar-refractivity contribution in [3.8, 4) is 11.3 Å². The number of aromatic amines is 1. The Labute approximate surface area is 199 Å². The van der Waals surface area contributed by atoms with Gasteiger partial charge in [0.25, 0.3) is 5.56 Å². The van der Waals surface area contributed by atoms with Crippen LogP contribution in [0.15, 0.2) is 16.9 Å². The maximum absolute atomic E-state index is 13.6. The van der Waals surface area contributed by atoms with Crippen LogP contribution in [0, 0.1) is 0 Å². The number of H-pyrrole nitrogens is 1. The van der Waals surface area contributed by atoms with Crippen molar-refractivity contribution in [1.82, 2.24) is 34.8 Å². The van der Waals surface area contributed by atoms with Crippen LogP contribution in [0.5, 0.6) is 0 Å². The number of aromatic nitrogens is 6. The second-order valence-electron chi connectivity index (χ2n) is 8.91. The zero-order chi connectivity index (χ0) is 23.0. The van der Waals surface area contributed by atoms with Crippen molar-refractivity contribution in [3.05, 3.63) is 32.7 Å². The van der Waals surface area contributed by atoms with E-state index in [2.05, 4.69) is 32.4 Å². The molecule has 5 heterocycles. The van der Waals surface area contributed by atoms with E-state index in [4.69, 9.17) is 28.2 Å². The monoisotopic (exact) mass is 486 g/mol. The molecule has 0 spiro atoms. The summed E-state index contributed by atoms with van der Waals surface area (Å²) in [5.41, 5.74) is 2.10. The van der Waals surface area contributed by atoms with Gasteiger partial charge in [0.1, 0.15) is 10.5 Å². The lowest BCUT2D eigenvalue weighted by Gasteiger charge is -2.26. The van der Waals surface area contributed by atoms with E-state index < -0.39 is 0 Å². The molecule has 2 aliphatic rings. The zero-order valence-corrected chi connectivity index (χ0v) is 20.1. The standard InChI is InChI=1S/C22H24Cl2N8O/c1-4-25-13-9-10-5-8-14(13)32(10)22-26-20-16(21(33)30(22)2)18(27-28-20)11-6-7-12-15(17(11)23)19(24)31(3)29-12/h6-7,10,13-14,25H,4-5,8-9H2,1-3H3,(H,27,28)/t10-,13+,14+/m0/s1. The van der Waals surface area contributed by atoms with Crippen LogP contribution in [0.1, 0.15) is 26.2 Å². The summed E-state index contributed by atoms with van der Waals surface area (Å²) >= 11 is 13.2. The molecule has 3 atom stereocenters. The molecule has 2 N–H and O–H groups in total. The highest BCUT2D eigenvalue weighted by molar-refractivity contribution is 6.43. The van der Waals surface area contributed by atoms with Crippen molar-refractivity contribution in [1.29, 1.82) is 0 Å². The lowest BCUT2D eigenvalue weighted by molar-refractivity contribution is 0.426. The van der Waals surface area contributed by atoms with Crippen LogP contribution in [0.2, 0.25) is 10.2 Å². The first-order chi connectivity index (χ1) is 15.9. The van der Waals surface area contributed by atoms with Crippen molar-refractivity contribution >= 4 is 51.1 Å². The molecule has 2 saturated heterocycles. The van der Waals surface area contributed by atoms with Crippen molar-refractivity contribution in [2.45, 2.75) is 44.3 Å². The highest BCUT2D eigenvalue weighted by atomic mass is 35.5. The third-order valence-electron chi connectivity index (χ3n) is 7.14. The summed E-state index contributed by atoms with van der Waals surface area (Å²) in [6, 6.07) is 4.82. The number of nitrogens with zero attached hydrogens (tertiary/aromatic N) is 6. The molecule has 0 saturated carbocycles. The normalized spacial score (nSPS) is 22.3. The SMILES string of the molecule is CCN[C@@H]1C[C@@H]2CC[C@H]1N2c1nc2n[nH]c(-c3ccc4nn(C)c(Cl)c4c3Cl)c2c(=O)n1C. The molecule has 11 heteroatoms. The molecule has 3 aromatic heterocycles. The quantitative estimate of drug-likeness (QED) is 0.459. The van der Waals surface area contributed by atoms with Gasteiger partial charge >= 0.3 is 0 Å². The molecule has 0 amide bonds. The van der Waals surface area contributed by atoms with E-state index in [0.29, 0.717) is 67.4 Å². The van der Waals surface area contributed by atoms with Crippen molar-refractivity contribution in [2.24, 2.45) is 14.1 Å². The summed E-state index contributed by atoms with van der Waals surface area (Å²) < 4.78 is 3.22. The largest absolute Gasteiger partial charge is 0.335 e. The number of hydrogen-bond acceptors (Lipinski definition) is 6. The Hall–Kier alpha value is -2.62. The van der Waals surface area contributed by atoms with Crippen LogP contribution in [-0.4, -0.2) is 54.2 Å². The maximum atomic E-state index is 13.6. The fourth-order valence-corrected chi connectivity index (χ4v) is 6.28. The number of aryl methyl sites for hydroxylation is 1. The fraction of sp³-hybridized carbons (Fsp3) is 0.455. The Morgan fingerprint density at radius 1 is 1.21 bits per heavy atom. The Kier molecular flexibility index (Phi) is 4.73. The molecule has 2 fully saturated rings. The zero-order valence-electron chi connectivity index (χ0n) is 18.6. The minimum absolute atomic E-state index is 0.154. The molecule has 0 unspecified atom stereocenters. The van der Waals surface area contributed by atoms with Gasteiger partial charge < -0.3 is 10.2 Å². The van der Waals surface area contributed by atoms with E-state index in [1.807, 2.05) is 12.1 Å². The summed E-state index contributed by atoms with van der Waals surface area (Å²) in [5, 5.41) is 17.3. The molecular formula is C22H24Cl2N8O. The Morgan fingerprint density at radius 3 is 2.82 bits per heavy atom. The Morgan fingerprint density at radius 2 is 2.03 bits per heavy atom. The molecule has 1 aromatic carbocycles. The van der Waals surface area contributed by atoms with E-state index in [-0.39, 0.29) is 5.56 Å². The molecule has 172 valence electrons. The average Bonchev–Trinajstić information content (AvgIpc) is 3.54. The first-order valence-corrected chi connectivity index (χ1v) is 11.9. The molecule has 4 aromatic rings. The number of rotatable bonds is 4. The first-order valence-electron chi connectivity index (χ1n) is 11.2. The highest BCUT2D eigenvalue weighted by Gasteiger charge is 2.47. The molecule has 6 rings (SSSR count). The molecule has 2 bridgehead atoms. The topological polar surface area (TPSA) is 96.7 Å². The van der Waals surface area contributed by atoms with Gasteiger partial charge in [-0.2, -0.15) is 15.2 Å². The third-order valence-corrected chi connectivity index (χ3v) is 7.97. The van der Waals surface area contributed by atoms with Gasteiger partial charge in [-0.25, -0.2) is 0 Å². The predicted molar refractivity (Wildman–Crippen MR) is 130 cm³/mol. The summed E-state index contributed by atoms with van der Waals surface area (Å²) in [4.78, 5) is 20.7. The van der Waals surface area contributed by atoms with E-state index in [0.717, 1.165) is 25.8 Å². The number of likely N-dealkylation sites (N-methyl/N-ethyl adjacent to an activating group) is 1. The van der Waals surface area contributed by atoms with Crippen LogP contribution in [0.25, 0.3) is 33.2 Å². The van der Waals surface area contributed by atoms with Gasteiger partial charge in [-0.1, -0.05) is 30.1 Å². The summed E-state index contributed by atoms with van der Waals surface area (Å²) in [5.74, 6) is 0.676. The van der Waals surface area contributed by atoms with Gasteiger partial charge in [0.2, 0.25) is 5.95 Å². The van der Waals surface area contributed by atoms with Gasteiger partial charge in [-0.05, 0) is 37.9 Å². The number of nitrogens with one attached hydrogen (secondary N) is 2. The van der Waals surface area contributed by atoms with E-state index in [1.54, 1.807) is 23.3 Å². The van der Waals surface area contributed by atoms with Crippen molar-refractivity contribution in [3.63, 3.8) is 0 Å². The van der Waals surface area contributed by atoms with Crippen molar-refractivity contribution in [2.75, 3.05) is 11.4 Å². The van der Waals surface area contributed by atoms with Gasteiger partial charge in [-0.15, -0.1) is 0 Å². The fourth-order valence-electron chi connectivity index (χ4n) is 5.66. The number of halogens is 2. The number of benzene rings is 1. The second kappa shape index (κ2) is 7.44. The smallest absolute Gasteiger partial charge is 0.266 e. The van der Waals surface area contributed by atoms with Crippen LogP contribution >= 0.6 is 23.2 Å². The average molecular weight is 487 g/mol. The van der Waals surface area contributed by atoms with E-state index >= 15 is 0 Å². The molecule has 9 nitrogen and oxygen atoms in total. The minimum Gasteiger partial charge on any atom is -0.335 e.